The normalized spacial score (nSPS) is 15.2. The van der Waals surface area contributed by atoms with Gasteiger partial charge in [-0.15, -0.1) is 11.3 Å². The van der Waals surface area contributed by atoms with Gasteiger partial charge < -0.3 is 31.4 Å². The van der Waals surface area contributed by atoms with Crippen molar-refractivity contribution in [3.05, 3.63) is 34.5 Å². The number of carbonyl (C=O) groups is 1. The van der Waals surface area contributed by atoms with E-state index in [1.54, 1.807) is 28.6 Å². The molecular weight excluding hydrogens is 462 g/mol. The number of aromatic nitrogens is 2. The maximum Gasteiger partial charge on any atom is 0.236 e. The van der Waals surface area contributed by atoms with Crippen LogP contribution in [0.4, 0.5) is 17.2 Å². The van der Waals surface area contributed by atoms with Crippen molar-refractivity contribution in [2.45, 2.75) is 52.2 Å². The Balaban J connectivity index is 1.61. The first-order valence-corrected chi connectivity index (χ1v) is 12.7. The Hall–Kier alpha value is -3.24. The summed E-state index contributed by atoms with van der Waals surface area (Å²) >= 11 is 1.68. The highest BCUT2D eigenvalue weighted by atomic mass is 32.1. The first-order valence-electron chi connectivity index (χ1n) is 11.9. The van der Waals surface area contributed by atoms with Gasteiger partial charge in [-0.3, -0.25) is 4.79 Å². The van der Waals surface area contributed by atoms with Gasteiger partial charge in [0.15, 0.2) is 0 Å². The molecule has 0 saturated heterocycles. The molecule has 0 radical (unpaired) electrons. The predicted molar refractivity (Wildman–Crippen MR) is 142 cm³/mol. The molecule has 4 rings (SSSR count). The fourth-order valence-electron chi connectivity index (χ4n) is 4.24. The third-order valence-electron chi connectivity index (χ3n) is 6.24. The highest BCUT2D eigenvalue weighted by molar-refractivity contribution is 7.19. The van der Waals surface area contributed by atoms with Gasteiger partial charge in [0.1, 0.15) is 22.7 Å². The Morgan fingerprint density at radius 1 is 1.40 bits per heavy atom. The summed E-state index contributed by atoms with van der Waals surface area (Å²) in [5.41, 5.74) is 9.17. The molecule has 1 aliphatic rings. The second-order valence-electron chi connectivity index (χ2n) is 9.05. The van der Waals surface area contributed by atoms with Crippen LogP contribution in [0.3, 0.4) is 0 Å². The van der Waals surface area contributed by atoms with Crippen LogP contribution in [-0.2, 0) is 17.6 Å². The number of aryl methyl sites for hydroxylation is 1. The number of hydrogen-bond donors (Lipinski definition) is 4. The summed E-state index contributed by atoms with van der Waals surface area (Å²) in [7, 11) is 1.83. The molecule has 0 fully saturated rings. The van der Waals surface area contributed by atoms with E-state index in [1.807, 2.05) is 33.9 Å². The van der Waals surface area contributed by atoms with E-state index in [-0.39, 0.29) is 18.1 Å². The number of nitrogen functional groups attached to an aromatic ring is 1. The molecule has 5 N–H and O–H groups in total. The van der Waals surface area contributed by atoms with Crippen LogP contribution in [0.5, 0.6) is 5.75 Å². The Labute approximate surface area is 209 Å². The van der Waals surface area contributed by atoms with E-state index in [0.717, 1.165) is 29.5 Å². The lowest BCUT2D eigenvalue weighted by Gasteiger charge is -2.24. The molecule has 35 heavy (non-hydrogen) atoms. The molecule has 3 aromatic rings. The van der Waals surface area contributed by atoms with Gasteiger partial charge in [0.05, 0.1) is 23.7 Å². The van der Waals surface area contributed by atoms with Crippen molar-refractivity contribution < 1.29 is 9.53 Å². The summed E-state index contributed by atoms with van der Waals surface area (Å²) < 4.78 is 5.99. The lowest BCUT2D eigenvalue weighted by atomic mass is 9.93. The van der Waals surface area contributed by atoms with Crippen molar-refractivity contribution in [2.75, 3.05) is 31.2 Å². The Morgan fingerprint density at radius 2 is 2.20 bits per heavy atom. The highest BCUT2D eigenvalue weighted by Gasteiger charge is 2.26. The molecule has 2 heterocycles. The summed E-state index contributed by atoms with van der Waals surface area (Å²) in [6, 6.07) is 3.82. The monoisotopic (exact) mass is 495 g/mol. The van der Waals surface area contributed by atoms with Crippen molar-refractivity contribution >= 4 is 50.9 Å². The number of nitrogens with one attached hydrogen (secondary N) is 3. The van der Waals surface area contributed by atoms with Crippen LogP contribution in [0, 0.1) is 5.41 Å². The van der Waals surface area contributed by atoms with Crippen molar-refractivity contribution in [3.8, 4) is 5.75 Å². The van der Waals surface area contributed by atoms with Crippen LogP contribution >= 0.6 is 11.3 Å². The Bertz CT molecular complexity index is 1240. The first-order chi connectivity index (χ1) is 16.8. The van der Waals surface area contributed by atoms with E-state index in [0.29, 0.717) is 41.6 Å². The third kappa shape index (κ3) is 5.38. The number of anilines is 3. The Kier molecular flexibility index (Phi) is 7.51. The molecular formula is C25H33N7O2S. The Morgan fingerprint density at radius 3 is 2.91 bits per heavy atom. The van der Waals surface area contributed by atoms with Gasteiger partial charge in [0, 0.05) is 48.0 Å². The van der Waals surface area contributed by atoms with E-state index in [4.69, 9.17) is 15.9 Å². The number of nitrogens with two attached hydrogens (primary N) is 1. The van der Waals surface area contributed by atoms with Crippen molar-refractivity contribution in [2.24, 2.45) is 0 Å². The van der Waals surface area contributed by atoms with E-state index < -0.39 is 0 Å². The van der Waals surface area contributed by atoms with Crippen LogP contribution in [-0.4, -0.2) is 59.3 Å². The lowest BCUT2D eigenvalue weighted by molar-refractivity contribution is -0.128. The van der Waals surface area contributed by atoms with Crippen LogP contribution in [0.15, 0.2) is 18.5 Å². The second-order valence-corrected chi connectivity index (χ2v) is 10.1. The summed E-state index contributed by atoms with van der Waals surface area (Å²) in [5.74, 6) is 1.44. The fourth-order valence-corrected chi connectivity index (χ4v) is 5.50. The van der Waals surface area contributed by atoms with Crippen molar-refractivity contribution in [1.29, 1.82) is 5.41 Å². The molecule has 1 unspecified atom stereocenters. The lowest BCUT2D eigenvalue weighted by Crippen LogP contribution is -2.42. The van der Waals surface area contributed by atoms with Gasteiger partial charge in [0.2, 0.25) is 5.91 Å². The zero-order valence-corrected chi connectivity index (χ0v) is 21.5. The molecule has 186 valence electrons. The van der Waals surface area contributed by atoms with E-state index in [1.165, 1.54) is 16.7 Å². The molecule has 10 heteroatoms. The van der Waals surface area contributed by atoms with Crippen LogP contribution < -0.4 is 21.1 Å². The molecule has 1 aliphatic carbocycles. The zero-order valence-electron chi connectivity index (χ0n) is 20.6. The van der Waals surface area contributed by atoms with Gasteiger partial charge in [0.25, 0.3) is 0 Å². The maximum absolute atomic E-state index is 12.2. The number of benzene rings is 1. The molecule has 0 bridgehead atoms. The number of carbonyl (C=O) groups excluding carboxylic acids is 1. The van der Waals surface area contributed by atoms with Gasteiger partial charge in [-0.1, -0.05) is 0 Å². The van der Waals surface area contributed by atoms with Crippen LogP contribution in [0.1, 0.15) is 43.2 Å². The molecule has 0 saturated carbocycles. The highest BCUT2D eigenvalue weighted by Crippen LogP contribution is 2.40. The summed E-state index contributed by atoms with van der Waals surface area (Å²) in [6.07, 6.45) is 5.46. The van der Waals surface area contributed by atoms with Gasteiger partial charge >= 0.3 is 0 Å². The topological polar surface area (TPSA) is 129 Å². The number of nitrogens with zero attached hydrogens (tertiary/aromatic N) is 3. The number of fused-ring (bicyclic) bond motifs is 3. The molecule has 1 atom stereocenters. The standard InChI is InChI=1S/C25H33N7O2S/c1-5-32(4)22(33)12-28-16-6-7-17-21(9-16)35-25-23(17)24(29-13-30-25)31-19-8-15(11-26)18(27)10-20(19)34-14(2)3/h8,10-11,13-14,16,26,28H,5-7,9,12,27H2,1-4H3,(H,29,30,31). The van der Waals surface area contributed by atoms with Crippen molar-refractivity contribution in [3.63, 3.8) is 0 Å². The molecule has 2 aromatic heterocycles. The minimum absolute atomic E-state index is 0.0338. The van der Waals surface area contributed by atoms with E-state index in [9.17, 15) is 4.79 Å². The van der Waals surface area contributed by atoms with Gasteiger partial charge in [-0.2, -0.15) is 0 Å². The number of rotatable bonds is 9. The zero-order chi connectivity index (χ0) is 25.1. The minimum atomic E-state index is -0.0338. The molecule has 1 aromatic carbocycles. The summed E-state index contributed by atoms with van der Waals surface area (Å²) in [6.45, 7) is 6.96. The summed E-state index contributed by atoms with van der Waals surface area (Å²) in [5, 5.41) is 15.6. The predicted octanol–water partition coefficient (Wildman–Crippen LogP) is 3.73. The fraction of sp³-hybridized carbons (Fsp3) is 0.440. The third-order valence-corrected chi connectivity index (χ3v) is 7.41. The largest absolute Gasteiger partial charge is 0.489 e. The second kappa shape index (κ2) is 10.6. The molecule has 0 spiro atoms. The van der Waals surface area contributed by atoms with Gasteiger partial charge in [-0.05, 0) is 51.7 Å². The quantitative estimate of drug-likeness (QED) is 0.263. The SMILES string of the molecule is CCN(C)C(=O)CNC1CCc2c(sc3ncnc(Nc4cc(C=N)c(N)cc4OC(C)C)c23)C1. The first kappa shape index (κ1) is 24.9. The number of likely N-dealkylation sites (N-methyl/N-ethyl adjacent to an activating group) is 1. The summed E-state index contributed by atoms with van der Waals surface area (Å²) in [4.78, 5) is 25.2. The molecule has 0 aliphatic heterocycles. The average Bonchev–Trinajstić information content (AvgIpc) is 3.21. The van der Waals surface area contributed by atoms with Crippen LogP contribution in [0.25, 0.3) is 10.2 Å². The molecule has 9 nitrogen and oxygen atoms in total. The number of thiophene rings is 1. The number of amides is 1. The maximum atomic E-state index is 12.2. The average molecular weight is 496 g/mol. The van der Waals surface area contributed by atoms with Crippen LogP contribution in [0.2, 0.25) is 0 Å². The van der Waals surface area contributed by atoms with Gasteiger partial charge in [-0.25, -0.2) is 9.97 Å². The smallest absolute Gasteiger partial charge is 0.236 e. The van der Waals surface area contributed by atoms with E-state index in [2.05, 4.69) is 20.6 Å². The molecule has 1 amide bonds. The van der Waals surface area contributed by atoms with E-state index >= 15 is 0 Å². The van der Waals surface area contributed by atoms with Crippen molar-refractivity contribution in [1.82, 2.24) is 20.2 Å². The number of hydrogen-bond acceptors (Lipinski definition) is 9. The minimum Gasteiger partial charge on any atom is -0.489 e. The number of ether oxygens (including phenoxy) is 1.